The molecule has 0 saturated heterocycles. The van der Waals surface area contributed by atoms with Gasteiger partial charge in [0.2, 0.25) is 5.91 Å². The summed E-state index contributed by atoms with van der Waals surface area (Å²) >= 11 is 0. The average molecular weight is 530 g/mol. The Balaban J connectivity index is 0.00000420. The van der Waals surface area contributed by atoms with Crippen molar-refractivity contribution in [1.82, 2.24) is 16.0 Å². The van der Waals surface area contributed by atoms with Crippen LogP contribution in [-0.4, -0.2) is 31.0 Å². The molecule has 0 unspecified atom stereocenters. The van der Waals surface area contributed by atoms with E-state index in [4.69, 9.17) is 0 Å². The molecule has 0 bridgehead atoms. The van der Waals surface area contributed by atoms with Gasteiger partial charge in [0, 0.05) is 12.6 Å². The fraction of sp³-hybridized carbons (Fsp3) is 0.579. The van der Waals surface area contributed by atoms with Gasteiger partial charge in [0.25, 0.3) is 0 Å². The number of carbonyl (C=O) groups is 1. The molecule has 0 aliphatic heterocycles. The Kier molecular flexibility index (Phi) is 10.7. The minimum absolute atomic E-state index is 0. The summed E-state index contributed by atoms with van der Waals surface area (Å²) in [5.74, 6) is -0.918. The molecule has 0 atom stereocenters. The zero-order valence-corrected chi connectivity index (χ0v) is 18.6. The van der Waals surface area contributed by atoms with E-state index in [0.29, 0.717) is 12.6 Å². The average Bonchev–Trinajstić information content (AvgIpc) is 2.65. The molecule has 0 heterocycles. The summed E-state index contributed by atoms with van der Waals surface area (Å²) in [6.45, 7) is 1.95. The van der Waals surface area contributed by atoms with E-state index in [1.807, 2.05) is 0 Å². The lowest BCUT2D eigenvalue weighted by atomic mass is 9.95. The van der Waals surface area contributed by atoms with E-state index in [0.717, 1.165) is 37.8 Å². The fourth-order valence-corrected chi connectivity index (χ4v) is 3.15. The Labute approximate surface area is 185 Å². The molecule has 29 heavy (non-hydrogen) atoms. The molecule has 5 nitrogen and oxygen atoms in total. The van der Waals surface area contributed by atoms with E-state index in [1.165, 1.54) is 6.42 Å². The highest BCUT2D eigenvalue weighted by molar-refractivity contribution is 14.0. The molecule has 1 aromatic carbocycles. The summed E-state index contributed by atoms with van der Waals surface area (Å²) in [4.78, 5) is 16.2. The van der Waals surface area contributed by atoms with Crippen molar-refractivity contribution in [3.05, 3.63) is 35.1 Å². The highest BCUT2D eigenvalue weighted by Crippen LogP contribution is 2.32. The molecule has 1 amide bonds. The van der Waals surface area contributed by atoms with Crippen LogP contribution < -0.4 is 16.0 Å². The summed E-state index contributed by atoms with van der Waals surface area (Å²) in [5.41, 5.74) is -1.19. The Morgan fingerprint density at radius 2 is 1.86 bits per heavy atom. The van der Waals surface area contributed by atoms with Gasteiger partial charge in [-0.1, -0.05) is 25.3 Å². The number of nitrogens with zero attached hydrogens (tertiary/aromatic N) is 1. The quantitative estimate of drug-likeness (QED) is 0.226. The van der Waals surface area contributed by atoms with Crippen LogP contribution in [0.15, 0.2) is 23.2 Å². The van der Waals surface area contributed by atoms with E-state index in [-0.39, 0.29) is 60.5 Å². The summed E-state index contributed by atoms with van der Waals surface area (Å²) < 4.78 is 52.4. The number of hydrogen-bond acceptors (Lipinski definition) is 2. The first-order valence-electron chi connectivity index (χ1n) is 9.46. The van der Waals surface area contributed by atoms with Crippen molar-refractivity contribution in [2.24, 2.45) is 4.99 Å². The molecule has 1 saturated carbocycles. The molecule has 1 aromatic rings. The van der Waals surface area contributed by atoms with Gasteiger partial charge in [0.05, 0.1) is 18.7 Å². The second-order valence-corrected chi connectivity index (χ2v) is 6.75. The van der Waals surface area contributed by atoms with E-state index >= 15 is 0 Å². The van der Waals surface area contributed by atoms with E-state index in [9.17, 15) is 22.4 Å². The first kappa shape index (κ1) is 25.4. The third-order valence-electron chi connectivity index (χ3n) is 4.52. The zero-order valence-electron chi connectivity index (χ0n) is 16.2. The maximum atomic E-state index is 13.2. The number of hydrogen-bond donors (Lipinski definition) is 3. The van der Waals surface area contributed by atoms with Crippen LogP contribution in [0, 0.1) is 5.82 Å². The van der Waals surface area contributed by atoms with Gasteiger partial charge in [0.1, 0.15) is 5.82 Å². The molecule has 1 fully saturated rings. The van der Waals surface area contributed by atoms with Crippen molar-refractivity contribution in [3.8, 4) is 0 Å². The standard InChI is InChI=1S/C19H26F4N4O.HI/c1-2-24-18(26-12-17(28)27-15-6-4-3-5-7-15)25-11-13-8-9-14(20)10-16(13)19(21,22)23;/h8-10,15H,2-7,11-12H2,1H3,(H,27,28)(H2,24,25,26);1H. The van der Waals surface area contributed by atoms with Crippen LogP contribution in [0.2, 0.25) is 0 Å². The topological polar surface area (TPSA) is 65.5 Å². The molecular weight excluding hydrogens is 503 g/mol. The van der Waals surface area contributed by atoms with Gasteiger partial charge < -0.3 is 16.0 Å². The third-order valence-corrected chi connectivity index (χ3v) is 4.52. The highest BCUT2D eigenvalue weighted by Gasteiger charge is 2.33. The van der Waals surface area contributed by atoms with Crippen LogP contribution in [0.25, 0.3) is 0 Å². The molecule has 2 rings (SSSR count). The van der Waals surface area contributed by atoms with Crippen molar-refractivity contribution in [2.75, 3.05) is 13.1 Å². The molecule has 1 aliphatic carbocycles. The molecular formula is C19H27F4IN4O. The van der Waals surface area contributed by atoms with Gasteiger partial charge in [-0.2, -0.15) is 13.2 Å². The number of rotatable bonds is 6. The smallest absolute Gasteiger partial charge is 0.357 e. The highest BCUT2D eigenvalue weighted by atomic mass is 127. The molecule has 0 radical (unpaired) electrons. The number of halogens is 5. The summed E-state index contributed by atoms with van der Waals surface area (Å²) in [7, 11) is 0. The normalized spacial score (nSPS) is 15.4. The maximum absolute atomic E-state index is 13.2. The van der Waals surface area contributed by atoms with Gasteiger partial charge in [-0.3, -0.25) is 4.79 Å². The molecule has 0 spiro atoms. The molecule has 0 aromatic heterocycles. The van der Waals surface area contributed by atoms with Crippen LogP contribution in [-0.2, 0) is 17.5 Å². The van der Waals surface area contributed by atoms with Crippen LogP contribution in [0.3, 0.4) is 0 Å². The molecule has 10 heteroatoms. The minimum atomic E-state index is -4.67. The summed E-state index contributed by atoms with van der Waals surface area (Å²) in [5, 5.41) is 8.66. The largest absolute Gasteiger partial charge is 0.416 e. The first-order valence-corrected chi connectivity index (χ1v) is 9.46. The molecule has 164 valence electrons. The van der Waals surface area contributed by atoms with E-state index < -0.39 is 17.6 Å². The lowest BCUT2D eigenvalue weighted by Gasteiger charge is -2.23. The first-order chi connectivity index (χ1) is 13.3. The number of guanidine groups is 1. The van der Waals surface area contributed by atoms with Crippen LogP contribution in [0.4, 0.5) is 17.6 Å². The minimum Gasteiger partial charge on any atom is -0.357 e. The van der Waals surface area contributed by atoms with E-state index in [1.54, 1.807) is 6.92 Å². The Hall–Kier alpha value is -1.59. The van der Waals surface area contributed by atoms with Crippen LogP contribution in [0.5, 0.6) is 0 Å². The van der Waals surface area contributed by atoms with Crippen molar-refractivity contribution >= 4 is 35.8 Å². The lowest BCUT2D eigenvalue weighted by molar-refractivity contribution is -0.138. The van der Waals surface area contributed by atoms with Gasteiger partial charge in [-0.15, -0.1) is 24.0 Å². The monoisotopic (exact) mass is 530 g/mol. The summed E-state index contributed by atoms with van der Waals surface area (Å²) in [6.07, 6.45) is 0.641. The predicted molar refractivity (Wildman–Crippen MR) is 115 cm³/mol. The number of amides is 1. The van der Waals surface area contributed by atoms with Crippen molar-refractivity contribution in [1.29, 1.82) is 0 Å². The summed E-state index contributed by atoms with van der Waals surface area (Å²) in [6, 6.07) is 2.68. The third kappa shape index (κ3) is 8.75. The van der Waals surface area contributed by atoms with E-state index in [2.05, 4.69) is 20.9 Å². The Morgan fingerprint density at radius 3 is 2.48 bits per heavy atom. The number of nitrogens with one attached hydrogen (secondary N) is 3. The number of carbonyl (C=O) groups excluding carboxylic acids is 1. The Bertz CT molecular complexity index is 691. The SMILES string of the molecule is CCNC(=NCc1ccc(F)cc1C(F)(F)F)NCC(=O)NC1CCCCC1.I. The molecule has 1 aliphatic rings. The van der Waals surface area contributed by atoms with Crippen LogP contribution in [0.1, 0.15) is 50.2 Å². The second-order valence-electron chi connectivity index (χ2n) is 6.75. The maximum Gasteiger partial charge on any atom is 0.416 e. The van der Waals surface area contributed by atoms with Gasteiger partial charge >= 0.3 is 6.18 Å². The number of benzene rings is 1. The van der Waals surface area contributed by atoms with Gasteiger partial charge in [-0.25, -0.2) is 9.38 Å². The predicted octanol–water partition coefficient (Wildman–Crippen LogP) is 3.97. The van der Waals surface area contributed by atoms with Crippen molar-refractivity contribution in [2.45, 2.75) is 57.8 Å². The van der Waals surface area contributed by atoms with Crippen molar-refractivity contribution in [3.63, 3.8) is 0 Å². The second kappa shape index (κ2) is 12.2. The molecule has 3 N–H and O–H groups in total. The van der Waals surface area contributed by atoms with Gasteiger partial charge in [-0.05, 0) is 37.5 Å². The zero-order chi connectivity index (χ0) is 20.6. The number of aliphatic imine (C=N–C) groups is 1. The fourth-order valence-electron chi connectivity index (χ4n) is 3.15. The Morgan fingerprint density at radius 1 is 1.17 bits per heavy atom. The van der Waals surface area contributed by atoms with Gasteiger partial charge in [0.15, 0.2) is 5.96 Å². The number of alkyl halides is 3. The van der Waals surface area contributed by atoms with Crippen LogP contribution >= 0.6 is 24.0 Å². The van der Waals surface area contributed by atoms with Crippen molar-refractivity contribution < 1.29 is 22.4 Å². The lowest BCUT2D eigenvalue weighted by Crippen LogP contribution is -2.46.